The summed E-state index contributed by atoms with van der Waals surface area (Å²) >= 11 is 0. The smallest absolute Gasteiger partial charge is 0.407 e. The third-order valence-electron chi connectivity index (χ3n) is 4.19. The Labute approximate surface area is 161 Å². The van der Waals surface area contributed by atoms with Gasteiger partial charge in [0.15, 0.2) is 5.96 Å². The molecule has 0 spiro atoms. The van der Waals surface area contributed by atoms with Crippen LogP contribution in [0.3, 0.4) is 0 Å². The molecule has 1 atom stereocenters. The van der Waals surface area contributed by atoms with E-state index in [1.165, 1.54) is 0 Å². The second-order valence-electron chi connectivity index (χ2n) is 6.47. The van der Waals surface area contributed by atoms with Crippen molar-refractivity contribution in [2.45, 2.75) is 39.2 Å². The van der Waals surface area contributed by atoms with Crippen LogP contribution in [0.5, 0.6) is 5.75 Å². The molecule has 1 saturated carbocycles. The number of nitrogens with zero attached hydrogens (tertiary/aromatic N) is 1. The van der Waals surface area contributed by atoms with Crippen LogP contribution in [0.15, 0.2) is 35.3 Å². The lowest BCUT2D eigenvalue weighted by Gasteiger charge is -2.17. The topological polar surface area (TPSA) is 84.0 Å². The van der Waals surface area contributed by atoms with E-state index in [2.05, 4.69) is 20.9 Å². The Bertz CT molecular complexity index is 576. The predicted molar refractivity (Wildman–Crippen MR) is 107 cm³/mol. The fourth-order valence-corrected chi connectivity index (χ4v) is 2.65. The molecule has 27 heavy (non-hydrogen) atoms. The minimum Gasteiger partial charge on any atom is -0.494 e. The first-order chi connectivity index (χ1) is 13.2. The molecular formula is C20H32N4O3. The zero-order chi connectivity index (χ0) is 19.3. The number of carbonyl (C=O) groups excluding carboxylic acids is 1. The molecule has 0 radical (unpaired) electrons. The van der Waals surface area contributed by atoms with Crippen molar-refractivity contribution in [1.82, 2.24) is 16.0 Å². The van der Waals surface area contributed by atoms with E-state index in [0.29, 0.717) is 25.7 Å². The third-order valence-corrected chi connectivity index (χ3v) is 4.19. The highest BCUT2D eigenvalue weighted by Crippen LogP contribution is 2.32. The van der Waals surface area contributed by atoms with Gasteiger partial charge in [-0.25, -0.2) is 4.79 Å². The molecule has 1 aliphatic carbocycles. The molecule has 0 bridgehead atoms. The number of alkyl carbamates (subject to hydrolysis) is 1. The van der Waals surface area contributed by atoms with Gasteiger partial charge in [-0.1, -0.05) is 18.2 Å². The molecule has 3 N–H and O–H groups in total. The lowest BCUT2D eigenvalue weighted by Crippen LogP contribution is -2.42. The number of ether oxygens (including phenoxy) is 2. The maximum atomic E-state index is 11.7. The van der Waals surface area contributed by atoms with Crippen LogP contribution in [-0.2, 0) is 4.74 Å². The van der Waals surface area contributed by atoms with E-state index in [4.69, 9.17) is 9.47 Å². The molecule has 7 nitrogen and oxygen atoms in total. The van der Waals surface area contributed by atoms with E-state index in [1.807, 2.05) is 37.3 Å². The summed E-state index contributed by atoms with van der Waals surface area (Å²) in [7, 11) is 0. The van der Waals surface area contributed by atoms with E-state index in [0.717, 1.165) is 44.1 Å². The fraction of sp³-hybridized carbons (Fsp3) is 0.600. The second kappa shape index (κ2) is 12.0. The number of rotatable bonds is 11. The summed E-state index contributed by atoms with van der Waals surface area (Å²) in [6.45, 7) is 6.94. The van der Waals surface area contributed by atoms with Gasteiger partial charge in [-0.05, 0) is 51.2 Å². The van der Waals surface area contributed by atoms with Gasteiger partial charge in [0.2, 0.25) is 0 Å². The van der Waals surface area contributed by atoms with E-state index >= 15 is 0 Å². The van der Waals surface area contributed by atoms with Crippen LogP contribution in [-0.4, -0.2) is 50.9 Å². The van der Waals surface area contributed by atoms with Crippen molar-refractivity contribution in [2.24, 2.45) is 10.9 Å². The van der Waals surface area contributed by atoms with Crippen LogP contribution in [0.2, 0.25) is 0 Å². The Balaban J connectivity index is 1.72. The number of carbonyl (C=O) groups is 1. The monoisotopic (exact) mass is 376 g/mol. The first-order valence-corrected chi connectivity index (χ1v) is 9.86. The molecule has 7 heteroatoms. The average Bonchev–Trinajstić information content (AvgIpc) is 3.51. The standard InChI is InChI=1S/C20H32N4O3/c1-3-21-19(22-13-8-14-27-17-9-6-5-7-10-17)23-15-18(16-11-12-16)24-20(25)26-4-2/h5-7,9-10,16,18H,3-4,8,11-15H2,1-2H3,(H,24,25)(H2,21,22,23). The number of aliphatic imine (C=N–C) groups is 1. The molecular weight excluding hydrogens is 344 g/mol. The van der Waals surface area contributed by atoms with Gasteiger partial charge in [0.05, 0.1) is 25.8 Å². The van der Waals surface area contributed by atoms with E-state index < -0.39 is 0 Å². The highest BCUT2D eigenvalue weighted by atomic mass is 16.5. The highest BCUT2D eigenvalue weighted by Gasteiger charge is 2.32. The van der Waals surface area contributed by atoms with Crippen LogP contribution in [0.4, 0.5) is 4.79 Å². The summed E-state index contributed by atoms with van der Waals surface area (Å²) in [6, 6.07) is 9.83. The van der Waals surface area contributed by atoms with Crippen molar-refractivity contribution < 1.29 is 14.3 Å². The maximum absolute atomic E-state index is 11.7. The summed E-state index contributed by atoms with van der Waals surface area (Å²) in [5.41, 5.74) is 0. The van der Waals surface area contributed by atoms with Crippen LogP contribution in [0, 0.1) is 5.92 Å². The number of benzene rings is 1. The summed E-state index contributed by atoms with van der Waals surface area (Å²) < 4.78 is 10.7. The zero-order valence-corrected chi connectivity index (χ0v) is 16.4. The van der Waals surface area contributed by atoms with Crippen LogP contribution >= 0.6 is 0 Å². The molecule has 1 unspecified atom stereocenters. The molecule has 1 aromatic rings. The Morgan fingerprint density at radius 3 is 2.67 bits per heavy atom. The summed E-state index contributed by atoms with van der Waals surface area (Å²) in [5, 5.41) is 9.48. The number of hydrogen-bond donors (Lipinski definition) is 3. The van der Waals surface area contributed by atoms with Crippen molar-refractivity contribution in [3.8, 4) is 5.75 Å². The lowest BCUT2D eigenvalue weighted by molar-refractivity contribution is 0.147. The minimum atomic E-state index is -0.361. The first-order valence-electron chi connectivity index (χ1n) is 9.86. The molecule has 1 aliphatic rings. The van der Waals surface area contributed by atoms with Gasteiger partial charge in [0.1, 0.15) is 5.75 Å². The minimum absolute atomic E-state index is 0.0286. The van der Waals surface area contributed by atoms with Crippen molar-refractivity contribution in [2.75, 3.05) is 32.8 Å². The SMILES string of the molecule is CCNC(=NCC(NC(=O)OCC)C1CC1)NCCCOc1ccccc1. The van der Waals surface area contributed by atoms with E-state index in [9.17, 15) is 4.79 Å². The molecule has 0 aromatic heterocycles. The predicted octanol–water partition coefficient (Wildman–Crippen LogP) is 2.54. The van der Waals surface area contributed by atoms with Gasteiger partial charge >= 0.3 is 6.09 Å². The van der Waals surface area contributed by atoms with Gasteiger partial charge in [-0.15, -0.1) is 0 Å². The Hall–Kier alpha value is -2.44. The van der Waals surface area contributed by atoms with Crippen molar-refractivity contribution in [3.05, 3.63) is 30.3 Å². The van der Waals surface area contributed by atoms with Crippen LogP contribution < -0.4 is 20.7 Å². The lowest BCUT2D eigenvalue weighted by atomic mass is 10.2. The maximum Gasteiger partial charge on any atom is 0.407 e. The zero-order valence-electron chi connectivity index (χ0n) is 16.4. The molecule has 0 heterocycles. The molecule has 0 aliphatic heterocycles. The van der Waals surface area contributed by atoms with Crippen LogP contribution in [0.1, 0.15) is 33.1 Å². The van der Waals surface area contributed by atoms with E-state index in [1.54, 1.807) is 6.92 Å². The van der Waals surface area contributed by atoms with Crippen LogP contribution in [0.25, 0.3) is 0 Å². The van der Waals surface area contributed by atoms with Gasteiger partial charge < -0.3 is 25.4 Å². The number of guanidine groups is 1. The quantitative estimate of drug-likeness (QED) is 0.314. The van der Waals surface area contributed by atoms with Crippen molar-refractivity contribution in [3.63, 3.8) is 0 Å². The summed E-state index contributed by atoms with van der Waals surface area (Å²) in [5.74, 6) is 2.14. The number of hydrogen-bond acceptors (Lipinski definition) is 4. The number of amides is 1. The van der Waals surface area contributed by atoms with Gasteiger partial charge in [-0.2, -0.15) is 0 Å². The molecule has 1 amide bonds. The number of nitrogens with one attached hydrogen (secondary N) is 3. The third kappa shape index (κ3) is 8.66. The molecule has 1 aromatic carbocycles. The molecule has 0 saturated heterocycles. The second-order valence-corrected chi connectivity index (χ2v) is 6.47. The first kappa shape index (κ1) is 20.9. The van der Waals surface area contributed by atoms with Crippen molar-refractivity contribution in [1.29, 1.82) is 0 Å². The van der Waals surface area contributed by atoms with Gasteiger partial charge in [0, 0.05) is 13.1 Å². The normalized spacial score (nSPS) is 15.0. The largest absolute Gasteiger partial charge is 0.494 e. The Morgan fingerprint density at radius 1 is 1.22 bits per heavy atom. The molecule has 1 fully saturated rings. The average molecular weight is 377 g/mol. The highest BCUT2D eigenvalue weighted by molar-refractivity contribution is 5.79. The molecule has 150 valence electrons. The van der Waals surface area contributed by atoms with E-state index in [-0.39, 0.29) is 12.1 Å². The Morgan fingerprint density at radius 2 is 2.00 bits per heavy atom. The fourth-order valence-electron chi connectivity index (χ4n) is 2.65. The summed E-state index contributed by atoms with van der Waals surface area (Å²) in [4.78, 5) is 16.3. The van der Waals surface area contributed by atoms with Gasteiger partial charge in [-0.3, -0.25) is 4.99 Å². The van der Waals surface area contributed by atoms with Gasteiger partial charge in [0.25, 0.3) is 0 Å². The Kier molecular flexibility index (Phi) is 9.30. The molecule has 2 rings (SSSR count). The number of para-hydroxylation sites is 1. The summed E-state index contributed by atoms with van der Waals surface area (Å²) in [6.07, 6.45) is 2.77. The van der Waals surface area contributed by atoms with Crippen molar-refractivity contribution >= 4 is 12.1 Å².